The van der Waals surface area contributed by atoms with Gasteiger partial charge in [-0.3, -0.25) is 0 Å². The number of hydrogen-bond acceptors (Lipinski definition) is 3. The van der Waals surface area contributed by atoms with Gasteiger partial charge in [0.1, 0.15) is 0 Å². The summed E-state index contributed by atoms with van der Waals surface area (Å²) in [4.78, 5) is 0. The van der Waals surface area contributed by atoms with Gasteiger partial charge in [-0.25, -0.2) is 0 Å². The predicted molar refractivity (Wildman–Crippen MR) is 72.1 cm³/mol. The van der Waals surface area contributed by atoms with Crippen molar-refractivity contribution in [3.8, 4) is 0 Å². The summed E-state index contributed by atoms with van der Waals surface area (Å²) < 4.78 is 16.4. The molecule has 0 aromatic carbocycles. The second-order valence-corrected chi connectivity index (χ2v) is 10.4. The predicted octanol–water partition coefficient (Wildman–Crippen LogP) is 4.00. The Hall–Kier alpha value is -0.526. The van der Waals surface area contributed by atoms with Crippen molar-refractivity contribution in [2.75, 3.05) is 0 Å². The molecule has 0 aliphatic rings. The second-order valence-electron chi connectivity index (χ2n) is 3.47. The molecule has 0 saturated heterocycles. The van der Waals surface area contributed by atoms with Crippen LogP contribution in [0.3, 0.4) is 0 Å². The van der Waals surface area contributed by atoms with Crippen LogP contribution in [0.25, 0.3) is 0 Å². The first kappa shape index (κ1) is 20.0. The van der Waals surface area contributed by atoms with Crippen LogP contribution in [-0.4, -0.2) is 17.1 Å². The molecule has 0 rings (SSSR count). The van der Waals surface area contributed by atoms with Crippen LogP contribution in [0.15, 0.2) is 25.7 Å². The Kier molecular flexibility index (Phi) is 10.3. The molecule has 0 heterocycles. The van der Waals surface area contributed by atoms with E-state index in [9.17, 15) is 0 Å². The van der Waals surface area contributed by atoms with Gasteiger partial charge in [0.05, 0.1) is 12.5 Å². The van der Waals surface area contributed by atoms with Crippen LogP contribution < -0.4 is 0 Å². The number of hydrogen-bond donors (Lipinski definition) is 0. The maximum Gasteiger partial charge on any atom is 0.383 e. The van der Waals surface area contributed by atoms with Gasteiger partial charge in [-0.05, 0) is 26.2 Å². The SMILES string of the molecule is C.C.C=CO[Si](C)(C)O[Si](C)(C)OC=C. The molecular weight excluding hydrogens is 224 g/mol. The largest absolute Gasteiger partial charge is 0.528 e. The van der Waals surface area contributed by atoms with E-state index >= 15 is 0 Å². The Balaban J connectivity index is -0.000000720. The van der Waals surface area contributed by atoms with Gasteiger partial charge in [0.15, 0.2) is 0 Å². The van der Waals surface area contributed by atoms with Gasteiger partial charge in [0, 0.05) is 0 Å². The minimum atomic E-state index is -2.11. The van der Waals surface area contributed by atoms with Gasteiger partial charge in [0.2, 0.25) is 0 Å². The molecule has 0 atom stereocenters. The Morgan fingerprint density at radius 1 is 0.800 bits per heavy atom. The van der Waals surface area contributed by atoms with Crippen LogP contribution in [0.4, 0.5) is 0 Å². The Morgan fingerprint density at radius 2 is 1.07 bits per heavy atom. The fraction of sp³-hybridized carbons (Fsp3) is 0.600. The van der Waals surface area contributed by atoms with Crippen LogP contribution in [0.1, 0.15) is 14.9 Å². The normalized spacial score (nSPS) is 10.4. The fourth-order valence-electron chi connectivity index (χ4n) is 1.04. The van der Waals surface area contributed by atoms with E-state index in [0.717, 1.165) is 0 Å². The van der Waals surface area contributed by atoms with E-state index in [1.807, 2.05) is 26.2 Å². The zero-order valence-corrected chi connectivity index (χ0v) is 10.8. The van der Waals surface area contributed by atoms with Crippen molar-refractivity contribution >= 4 is 17.1 Å². The average Bonchev–Trinajstić information content (AvgIpc) is 1.82. The topological polar surface area (TPSA) is 27.7 Å². The molecule has 0 saturated carbocycles. The van der Waals surface area contributed by atoms with Gasteiger partial charge in [-0.2, -0.15) is 0 Å². The lowest BCUT2D eigenvalue weighted by molar-refractivity contribution is 0.290. The van der Waals surface area contributed by atoms with E-state index in [-0.39, 0.29) is 14.9 Å². The van der Waals surface area contributed by atoms with Crippen molar-refractivity contribution in [3.63, 3.8) is 0 Å². The molecular formula is C10H26O3Si2. The van der Waals surface area contributed by atoms with Crippen molar-refractivity contribution in [3.05, 3.63) is 25.7 Å². The first-order valence-electron chi connectivity index (χ1n) is 4.10. The lowest BCUT2D eigenvalue weighted by Gasteiger charge is -2.30. The van der Waals surface area contributed by atoms with Crippen LogP contribution in [-0.2, 0) is 13.0 Å². The summed E-state index contributed by atoms with van der Waals surface area (Å²) >= 11 is 0. The fourth-order valence-corrected chi connectivity index (χ4v) is 6.96. The van der Waals surface area contributed by atoms with Crippen molar-refractivity contribution in [1.29, 1.82) is 0 Å². The van der Waals surface area contributed by atoms with Crippen LogP contribution >= 0.6 is 0 Å². The Labute approximate surface area is 97.3 Å². The molecule has 0 N–H and O–H groups in total. The summed E-state index contributed by atoms with van der Waals surface area (Å²) in [6, 6.07) is 0. The minimum absolute atomic E-state index is 0. The maximum atomic E-state index is 5.80. The molecule has 0 bridgehead atoms. The van der Waals surface area contributed by atoms with E-state index in [2.05, 4.69) is 13.2 Å². The molecule has 0 unspecified atom stereocenters. The summed E-state index contributed by atoms with van der Waals surface area (Å²) in [5, 5.41) is 0. The first-order chi connectivity index (χ1) is 5.83. The first-order valence-corrected chi connectivity index (χ1v) is 9.74. The smallest absolute Gasteiger partial charge is 0.383 e. The van der Waals surface area contributed by atoms with Crippen molar-refractivity contribution in [2.45, 2.75) is 41.0 Å². The van der Waals surface area contributed by atoms with Crippen molar-refractivity contribution in [1.82, 2.24) is 0 Å². The van der Waals surface area contributed by atoms with E-state index < -0.39 is 17.1 Å². The van der Waals surface area contributed by atoms with E-state index in [1.54, 1.807) is 0 Å². The van der Waals surface area contributed by atoms with Gasteiger partial charge >= 0.3 is 17.1 Å². The van der Waals surface area contributed by atoms with E-state index in [0.29, 0.717) is 0 Å². The number of rotatable bonds is 6. The Morgan fingerprint density at radius 3 is 1.27 bits per heavy atom. The summed E-state index contributed by atoms with van der Waals surface area (Å²) in [5.74, 6) is 0. The molecule has 0 aliphatic heterocycles. The summed E-state index contributed by atoms with van der Waals surface area (Å²) in [6.45, 7) is 14.8. The molecule has 3 nitrogen and oxygen atoms in total. The quantitative estimate of drug-likeness (QED) is 0.527. The lowest BCUT2D eigenvalue weighted by atomic mass is 11.2. The molecule has 5 heteroatoms. The Bertz CT molecular complexity index is 171. The molecule has 0 radical (unpaired) electrons. The molecule has 0 spiro atoms. The summed E-state index contributed by atoms with van der Waals surface area (Å²) in [6.07, 6.45) is 2.84. The standard InChI is InChI=1S/C8H18O3Si2.2CH4/c1-7-9-12(3,4)11-13(5,6)10-8-2;;/h7-8H,1-2H2,3-6H3;2*1H4. The van der Waals surface area contributed by atoms with Gasteiger partial charge in [-0.15, -0.1) is 0 Å². The highest BCUT2D eigenvalue weighted by Gasteiger charge is 2.37. The molecule has 0 fully saturated rings. The van der Waals surface area contributed by atoms with Gasteiger partial charge in [-0.1, -0.05) is 28.0 Å². The van der Waals surface area contributed by atoms with Crippen molar-refractivity contribution in [2.24, 2.45) is 0 Å². The molecule has 92 valence electrons. The van der Waals surface area contributed by atoms with Crippen LogP contribution in [0.2, 0.25) is 26.2 Å². The highest BCUT2D eigenvalue weighted by molar-refractivity contribution is 6.78. The monoisotopic (exact) mass is 250 g/mol. The van der Waals surface area contributed by atoms with Gasteiger partial charge in [0.25, 0.3) is 0 Å². The average molecular weight is 250 g/mol. The highest BCUT2D eigenvalue weighted by Crippen LogP contribution is 2.16. The van der Waals surface area contributed by atoms with Gasteiger partial charge < -0.3 is 13.0 Å². The summed E-state index contributed by atoms with van der Waals surface area (Å²) in [5.41, 5.74) is 0. The van der Waals surface area contributed by atoms with Crippen LogP contribution in [0, 0.1) is 0 Å². The van der Waals surface area contributed by atoms with Crippen molar-refractivity contribution < 1.29 is 13.0 Å². The third-order valence-electron chi connectivity index (χ3n) is 1.23. The lowest BCUT2D eigenvalue weighted by Crippen LogP contribution is -2.46. The maximum absolute atomic E-state index is 5.80. The van der Waals surface area contributed by atoms with Crippen LogP contribution in [0.5, 0.6) is 0 Å². The minimum Gasteiger partial charge on any atom is -0.528 e. The zero-order chi connectivity index (χ0) is 10.5. The third kappa shape index (κ3) is 9.77. The molecule has 0 aromatic rings. The molecule has 0 amide bonds. The second kappa shape index (κ2) is 7.72. The van der Waals surface area contributed by atoms with E-state index in [4.69, 9.17) is 13.0 Å². The third-order valence-corrected chi connectivity index (χ3v) is 6.63. The zero-order valence-electron chi connectivity index (χ0n) is 8.79. The van der Waals surface area contributed by atoms with E-state index in [1.165, 1.54) is 12.5 Å². The molecule has 15 heavy (non-hydrogen) atoms. The summed E-state index contributed by atoms with van der Waals surface area (Å²) in [7, 11) is -4.21. The molecule has 0 aromatic heterocycles. The molecule has 0 aliphatic carbocycles. The highest BCUT2D eigenvalue weighted by atomic mass is 28.5.